The van der Waals surface area contributed by atoms with E-state index >= 15 is 0 Å². The molecular weight excluding hydrogens is 256 g/mol. The van der Waals surface area contributed by atoms with E-state index in [4.69, 9.17) is 10.4 Å². The first-order chi connectivity index (χ1) is 9.78. The number of hydrogen-bond donors (Lipinski definition) is 2. The van der Waals surface area contributed by atoms with Crippen molar-refractivity contribution in [3.05, 3.63) is 17.5 Å². The largest absolute Gasteiger partial charge is 0.359 e. The van der Waals surface area contributed by atoms with E-state index in [1.807, 2.05) is 0 Å². The average Bonchev–Trinajstić information content (AvgIpc) is 2.95. The first kappa shape index (κ1) is 13.6. The van der Waals surface area contributed by atoms with Crippen LogP contribution in [0.25, 0.3) is 0 Å². The Balaban J connectivity index is 1.67. The van der Waals surface area contributed by atoms with Crippen LogP contribution in [0, 0.1) is 5.92 Å². The predicted molar refractivity (Wildman–Crippen MR) is 73.5 cm³/mol. The summed E-state index contributed by atoms with van der Waals surface area (Å²) in [5, 5.41) is 3.76. The summed E-state index contributed by atoms with van der Waals surface area (Å²) in [7, 11) is 0. The van der Waals surface area contributed by atoms with Crippen LogP contribution < -0.4 is 11.3 Å². The molecule has 2 fully saturated rings. The maximum atomic E-state index is 11.4. The van der Waals surface area contributed by atoms with E-state index in [2.05, 4.69) is 15.5 Å². The number of likely N-dealkylation sites (tertiary alicyclic amines) is 1. The van der Waals surface area contributed by atoms with Crippen LogP contribution in [-0.4, -0.2) is 28.6 Å². The number of amides is 1. The van der Waals surface area contributed by atoms with Gasteiger partial charge < -0.3 is 4.52 Å². The summed E-state index contributed by atoms with van der Waals surface area (Å²) in [6, 6.07) is 2.36. The fourth-order valence-corrected chi connectivity index (χ4v) is 3.69. The molecule has 1 saturated heterocycles. The van der Waals surface area contributed by atoms with Crippen LogP contribution in [0.4, 0.5) is 0 Å². The van der Waals surface area contributed by atoms with Gasteiger partial charge in [0.15, 0.2) is 11.5 Å². The van der Waals surface area contributed by atoms with Crippen LogP contribution in [0.5, 0.6) is 0 Å². The van der Waals surface area contributed by atoms with Gasteiger partial charge in [-0.15, -0.1) is 0 Å². The molecule has 0 bridgehead atoms. The molecule has 1 saturated carbocycles. The number of nitrogen functional groups attached to an aromatic ring is 1. The minimum Gasteiger partial charge on any atom is -0.359 e. The number of nitrogens with one attached hydrogen (secondary N) is 1. The summed E-state index contributed by atoms with van der Waals surface area (Å²) < 4.78 is 5.26. The Hall–Kier alpha value is -1.40. The van der Waals surface area contributed by atoms with E-state index in [1.165, 1.54) is 38.5 Å². The Labute approximate surface area is 118 Å². The van der Waals surface area contributed by atoms with Crippen LogP contribution in [0.2, 0.25) is 0 Å². The summed E-state index contributed by atoms with van der Waals surface area (Å²) in [5.74, 6) is 6.27. The summed E-state index contributed by atoms with van der Waals surface area (Å²) in [5.41, 5.74) is 2.32. The molecule has 2 heterocycles. The molecule has 3 N–H and O–H groups in total. The maximum absolute atomic E-state index is 11.4. The third-order valence-corrected chi connectivity index (χ3v) is 4.64. The molecule has 6 heteroatoms. The highest BCUT2D eigenvalue weighted by Crippen LogP contribution is 2.35. The zero-order valence-electron chi connectivity index (χ0n) is 11.7. The lowest BCUT2D eigenvalue weighted by Gasteiger charge is -2.43. The Morgan fingerprint density at radius 2 is 2.20 bits per heavy atom. The topological polar surface area (TPSA) is 84.4 Å². The van der Waals surface area contributed by atoms with Crippen molar-refractivity contribution in [2.24, 2.45) is 11.8 Å². The van der Waals surface area contributed by atoms with Crippen molar-refractivity contribution in [3.63, 3.8) is 0 Å². The molecule has 1 amide bonds. The number of piperidine rings is 1. The zero-order chi connectivity index (χ0) is 13.9. The highest BCUT2D eigenvalue weighted by atomic mass is 16.5. The third-order valence-electron chi connectivity index (χ3n) is 4.64. The first-order valence-electron chi connectivity index (χ1n) is 7.48. The Morgan fingerprint density at radius 1 is 1.40 bits per heavy atom. The van der Waals surface area contributed by atoms with Crippen LogP contribution in [0.15, 0.2) is 10.6 Å². The van der Waals surface area contributed by atoms with Crippen molar-refractivity contribution in [1.82, 2.24) is 15.5 Å². The smallest absolute Gasteiger partial charge is 0.287 e. The van der Waals surface area contributed by atoms with Crippen LogP contribution in [-0.2, 0) is 6.54 Å². The highest BCUT2D eigenvalue weighted by molar-refractivity contribution is 5.91. The molecule has 1 aliphatic heterocycles. The van der Waals surface area contributed by atoms with Crippen LogP contribution in [0.1, 0.15) is 54.8 Å². The van der Waals surface area contributed by atoms with E-state index in [9.17, 15) is 4.79 Å². The summed E-state index contributed by atoms with van der Waals surface area (Å²) in [6.45, 7) is 1.85. The standard InChI is InChI=1S/C14H22N4O2/c15-16-14(19)12-8-11(20-17-12)9-18-7-3-5-10-4-1-2-6-13(10)18/h8,10,13H,1-7,9,15H2,(H,16,19). The highest BCUT2D eigenvalue weighted by Gasteiger charge is 2.33. The van der Waals surface area contributed by atoms with Gasteiger partial charge in [0.05, 0.1) is 6.54 Å². The number of carbonyl (C=O) groups is 1. The van der Waals surface area contributed by atoms with Crippen molar-refractivity contribution in [2.45, 2.75) is 51.1 Å². The van der Waals surface area contributed by atoms with Gasteiger partial charge in [0.25, 0.3) is 5.91 Å². The molecule has 2 unspecified atom stereocenters. The van der Waals surface area contributed by atoms with Gasteiger partial charge in [0, 0.05) is 12.1 Å². The van der Waals surface area contributed by atoms with Crippen molar-refractivity contribution in [3.8, 4) is 0 Å². The fourth-order valence-electron chi connectivity index (χ4n) is 3.69. The Bertz CT molecular complexity index is 471. The lowest BCUT2D eigenvalue weighted by atomic mass is 9.78. The first-order valence-corrected chi connectivity index (χ1v) is 7.48. The van der Waals surface area contributed by atoms with E-state index in [-0.39, 0.29) is 5.69 Å². The number of fused-ring (bicyclic) bond motifs is 1. The van der Waals surface area contributed by atoms with Crippen LogP contribution in [0.3, 0.4) is 0 Å². The second-order valence-electron chi connectivity index (χ2n) is 5.88. The molecule has 2 aliphatic rings. The molecule has 1 aliphatic carbocycles. The molecular formula is C14H22N4O2. The van der Waals surface area contributed by atoms with Crippen LogP contribution >= 0.6 is 0 Å². The van der Waals surface area contributed by atoms with Gasteiger partial charge in [-0.05, 0) is 38.1 Å². The van der Waals surface area contributed by atoms with Gasteiger partial charge in [-0.3, -0.25) is 15.1 Å². The quantitative estimate of drug-likeness (QED) is 0.496. The normalized spacial score (nSPS) is 27.1. The molecule has 3 rings (SSSR count). The maximum Gasteiger partial charge on any atom is 0.287 e. The molecule has 0 spiro atoms. The average molecular weight is 278 g/mol. The van der Waals surface area contributed by atoms with Gasteiger partial charge in [-0.2, -0.15) is 0 Å². The van der Waals surface area contributed by atoms with E-state index in [1.54, 1.807) is 6.07 Å². The monoisotopic (exact) mass is 278 g/mol. The van der Waals surface area contributed by atoms with Crippen molar-refractivity contribution in [1.29, 1.82) is 0 Å². The zero-order valence-corrected chi connectivity index (χ0v) is 11.7. The number of hydrazine groups is 1. The van der Waals surface area contributed by atoms with Gasteiger partial charge in [-0.25, -0.2) is 5.84 Å². The van der Waals surface area contributed by atoms with Gasteiger partial charge in [0.1, 0.15) is 0 Å². The Morgan fingerprint density at radius 3 is 3.05 bits per heavy atom. The summed E-state index contributed by atoms with van der Waals surface area (Å²) in [6.07, 6.45) is 7.96. The van der Waals surface area contributed by atoms with Gasteiger partial charge in [0.2, 0.25) is 0 Å². The second kappa shape index (κ2) is 5.93. The van der Waals surface area contributed by atoms with Crippen molar-refractivity contribution < 1.29 is 9.32 Å². The summed E-state index contributed by atoms with van der Waals surface area (Å²) in [4.78, 5) is 13.9. The molecule has 20 heavy (non-hydrogen) atoms. The molecule has 6 nitrogen and oxygen atoms in total. The van der Waals surface area contributed by atoms with E-state index in [0.29, 0.717) is 6.04 Å². The molecule has 1 aromatic rings. The number of hydrogen-bond acceptors (Lipinski definition) is 5. The minimum absolute atomic E-state index is 0.250. The third kappa shape index (κ3) is 2.71. The second-order valence-corrected chi connectivity index (χ2v) is 5.88. The Kier molecular flexibility index (Phi) is 4.03. The molecule has 0 aromatic carbocycles. The predicted octanol–water partition coefficient (Wildman–Crippen LogP) is 1.43. The SMILES string of the molecule is NNC(=O)c1cc(CN2CCCC3CCCCC32)on1. The number of rotatable bonds is 3. The number of carbonyl (C=O) groups excluding carboxylic acids is 1. The molecule has 0 radical (unpaired) electrons. The van der Waals surface area contributed by atoms with Crippen molar-refractivity contribution in [2.75, 3.05) is 6.54 Å². The van der Waals surface area contributed by atoms with E-state index in [0.717, 1.165) is 24.8 Å². The fraction of sp³-hybridized carbons (Fsp3) is 0.714. The molecule has 1 aromatic heterocycles. The minimum atomic E-state index is -0.408. The van der Waals surface area contributed by atoms with E-state index < -0.39 is 5.91 Å². The number of aromatic nitrogens is 1. The van der Waals surface area contributed by atoms with Gasteiger partial charge in [-0.1, -0.05) is 18.0 Å². The molecule has 110 valence electrons. The lowest BCUT2D eigenvalue weighted by Crippen LogP contribution is -2.46. The molecule has 2 atom stereocenters. The summed E-state index contributed by atoms with van der Waals surface area (Å²) >= 11 is 0. The van der Waals surface area contributed by atoms with Crippen molar-refractivity contribution >= 4 is 5.91 Å². The van der Waals surface area contributed by atoms with Gasteiger partial charge >= 0.3 is 0 Å². The number of nitrogens with zero attached hydrogens (tertiary/aromatic N) is 2. The lowest BCUT2D eigenvalue weighted by molar-refractivity contribution is 0.0479. The number of nitrogens with two attached hydrogens (primary N) is 1.